The van der Waals surface area contributed by atoms with Gasteiger partial charge in [0.25, 0.3) is 5.91 Å². The van der Waals surface area contributed by atoms with Gasteiger partial charge in [-0.2, -0.15) is 0 Å². The molecule has 0 unspecified atom stereocenters. The zero-order chi connectivity index (χ0) is 34.9. The Morgan fingerprint density at radius 3 is 2.51 bits per heavy atom. The number of ketones is 1. The molecule has 5 rings (SSSR count). The van der Waals surface area contributed by atoms with Crippen molar-refractivity contribution < 1.29 is 19.1 Å². The molecule has 5 aromatic rings. The normalized spacial score (nSPS) is 10.9. The lowest BCUT2D eigenvalue weighted by Gasteiger charge is -2.21. The Kier molecular flexibility index (Phi) is 11.8. The van der Waals surface area contributed by atoms with Gasteiger partial charge >= 0.3 is 0 Å². The Morgan fingerprint density at radius 1 is 0.939 bits per heavy atom. The van der Waals surface area contributed by atoms with Crippen molar-refractivity contribution in [3.8, 4) is 5.75 Å². The fourth-order valence-corrected chi connectivity index (χ4v) is 5.83. The molecule has 0 aliphatic rings. The van der Waals surface area contributed by atoms with Crippen LogP contribution in [0.15, 0.2) is 79.1 Å². The first-order valence-corrected chi connectivity index (χ1v) is 16.5. The summed E-state index contributed by atoms with van der Waals surface area (Å²) in [5.41, 5.74) is 5.44. The van der Waals surface area contributed by atoms with E-state index >= 15 is 0 Å². The van der Waals surface area contributed by atoms with Gasteiger partial charge in [-0.25, -0.2) is 4.98 Å². The smallest absolute Gasteiger partial charge is 0.269 e. The SMILES string of the molecule is CNC(=O)c1ccc(CCC(=O)CCC(=O)N(C)c2ccc(Cl)c(COc3cccc4c(NCc5ccccn5)cc(C)nc34)c2Cl)cn1. The standard InChI is InChI=1S/C37H36Cl2N6O4/c1-23-19-31(43-21-25-7-4-5-18-41-25)27-8-6-9-33(36(27)44-23)49-22-28-29(38)14-16-32(35(28)39)45(3)34(47)17-13-26(46)12-10-24-11-15-30(42-20-24)37(48)40-2/h4-9,11,14-16,18-20H,10,12-13,17,21-22H2,1-3H3,(H,40,48)(H,43,44). The first kappa shape index (κ1) is 35.3. The molecule has 0 spiro atoms. The Labute approximate surface area is 294 Å². The zero-order valence-electron chi connectivity index (χ0n) is 27.4. The van der Waals surface area contributed by atoms with E-state index in [9.17, 15) is 14.4 Å². The predicted octanol–water partition coefficient (Wildman–Crippen LogP) is 7.14. The summed E-state index contributed by atoms with van der Waals surface area (Å²) in [6.07, 6.45) is 4.17. The molecule has 3 heterocycles. The van der Waals surface area contributed by atoms with Crippen LogP contribution in [-0.4, -0.2) is 46.6 Å². The maximum atomic E-state index is 13.1. The van der Waals surface area contributed by atoms with Crippen LogP contribution in [-0.2, 0) is 29.2 Å². The van der Waals surface area contributed by atoms with Crippen molar-refractivity contribution in [1.29, 1.82) is 0 Å². The van der Waals surface area contributed by atoms with Crippen molar-refractivity contribution >= 4 is 63.1 Å². The molecule has 0 bridgehead atoms. The lowest BCUT2D eigenvalue weighted by Crippen LogP contribution is -2.27. The van der Waals surface area contributed by atoms with Crippen LogP contribution in [0, 0.1) is 6.92 Å². The average Bonchev–Trinajstić information content (AvgIpc) is 3.12. The van der Waals surface area contributed by atoms with Crippen molar-refractivity contribution in [2.24, 2.45) is 0 Å². The molecule has 0 saturated carbocycles. The minimum atomic E-state index is -0.275. The number of amides is 2. The summed E-state index contributed by atoms with van der Waals surface area (Å²) >= 11 is 13.4. The molecular formula is C37H36Cl2N6O4. The number of anilines is 2. The molecule has 252 valence electrons. The van der Waals surface area contributed by atoms with E-state index in [0.29, 0.717) is 46.2 Å². The number of aryl methyl sites for hydroxylation is 2. The summed E-state index contributed by atoms with van der Waals surface area (Å²) in [6, 6.07) is 20.2. The number of ether oxygens (including phenoxy) is 1. The van der Waals surface area contributed by atoms with Gasteiger partial charge in [-0.15, -0.1) is 0 Å². The number of nitrogens with one attached hydrogen (secondary N) is 2. The molecule has 2 N–H and O–H groups in total. The van der Waals surface area contributed by atoms with E-state index in [-0.39, 0.29) is 48.5 Å². The molecule has 0 saturated heterocycles. The number of hydrogen-bond acceptors (Lipinski definition) is 8. The maximum Gasteiger partial charge on any atom is 0.269 e. The van der Waals surface area contributed by atoms with Crippen molar-refractivity contribution in [2.75, 3.05) is 24.3 Å². The van der Waals surface area contributed by atoms with Gasteiger partial charge in [-0.1, -0.05) is 47.5 Å². The molecule has 12 heteroatoms. The van der Waals surface area contributed by atoms with Crippen LogP contribution in [0.5, 0.6) is 5.75 Å². The first-order chi connectivity index (χ1) is 23.6. The molecule has 49 heavy (non-hydrogen) atoms. The highest BCUT2D eigenvalue weighted by molar-refractivity contribution is 6.38. The van der Waals surface area contributed by atoms with Gasteiger partial charge in [0.05, 0.1) is 22.9 Å². The van der Waals surface area contributed by atoms with E-state index in [4.69, 9.17) is 32.9 Å². The number of para-hydroxylation sites is 1. The fraction of sp³-hybridized carbons (Fsp3) is 0.243. The van der Waals surface area contributed by atoms with E-state index < -0.39 is 0 Å². The third kappa shape index (κ3) is 8.90. The molecule has 2 aromatic carbocycles. The molecule has 0 aliphatic heterocycles. The van der Waals surface area contributed by atoms with Crippen LogP contribution in [0.25, 0.3) is 10.9 Å². The second-order valence-corrected chi connectivity index (χ2v) is 12.2. The van der Waals surface area contributed by atoms with E-state index in [1.54, 1.807) is 43.7 Å². The van der Waals surface area contributed by atoms with E-state index in [0.717, 1.165) is 28.0 Å². The molecule has 2 amide bonds. The predicted molar refractivity (Wildman–Crippen MR) is 192 cm³/mol. The highest BCUT2D eigenvalue weighted by Crippen LogP contribution is 2.36. The molecule has 3 aromatic heterocycles. The number of aromatic nitrogens is 3. The molecular weight excluding hydrogens is 663 g/mol. The number of carbonyl (C=O) groups is 3. The summed E-state index contributed by atoms with van der Waals surface area (Å²) in [7, 11) is 3.15. The lowest BCUT2D eigenvalue weighted by molar-refractivity contribution is -0.123. The molecule has 0 fully saturated rings. The quantitative estimate of drug-likeness (QED) is 0.125. The van der Waals surface area contributed by atoms with Gasteiger partial charge in [0, 0.05) is 73.1 Å². The number of halogens is 2. The van der Waals surface area contributed by atoms with Crippen molar-refractivity contribution in [3.05, 3.63) is 117 Å². The second-order valence-electron chi connectivity index (χ2n) is 11.4. The van der Waals surface area contributed by atoms with Crippen molar-refractivity contribution in [2.45, 2.75) is 45.8 Å². The first-order valence-electron chi connectivity index (χ1n) is 15.7. The van der Waals surface area contributed by atoms with Crippen molar-refractivity contribution in [1.82, 2.24) is 20.3 Å². The largest absolute Gasteiger partial charge is 0.487 e. The monoisotopic (exact) mass is 698 g/mol. The highest BCUT2D eigenvalue weighted by Gasteiger charge is 2.20. The lowest BCUT2D eigenvalue weighted by atomic mass is 10.1. The van der Waals surface area contributed by atoms with Gasteiger partial charge in [0.1, 0.15) is 29.4 Å². The van der Waals surface area contributed by atoms with Crippen LogP contribution >= 0.6 is 23.2 Å². The highest BCUT2D eigenvalue weighted by atomic mass is 35.5. The zero-order valence-corrected chi connectivity index (χ0v) is 28.9. The number of benzene rings is 2. The van der Waals surface area contributed by atoms with Gasteiger partial charge in [0.2, 0.25) is 5.91 Å². The van der Waals surface area contributed by atoms with Crippen LogP contribution in [0.3, 0.4) is 0 Å². The molecule has 0 radical (unpaired) electrons. The van der Waals surface area contributed by atoms with Crippen molar-refractivity contribution in [3.63, 3.8) is 0 Å². The number of carbonyl (C=O) groups excluding carboxylic acids is 3. The minimum Gasteiger partial charge on any atom is -0.487 e. The topological polar surface area (TPSA) is 126 Å². The summed E-state index contributed by atoms with van der Waals surface area (Å²) in [6.45, 7) is 2.51. The van der Waals surface area contributed by atoms with E-state index in [1.165, 1.54) is 11.9 Å². The second kappa shape index (κ2) is 16.4. The third-order valence-electron chi connectivity index (χ3n) is 7.98. The van der Waals surface area contributed by atoms with Crippen LogP contribution < -0.4 is 20.3 Å². The maximum absolute atomic E-state index is 13.1. The fourth-order valence-electron chi connectivity index (χ4n) is 5.22. The third-order valence-corrected chi connectivity index (χ3v) is 8.76. The van der Waals surface area contributed by atoms with Gasteiger partial charge in [-0.3, -0.25) is 24.4 Å². The Hall–Kier alpha value is -5.06. The summed E-state index contributed by atoms with van der Waals surface area (Å²) < 4.78 is 6.26. The number of pyridine rings is 3. The summed E-state index contributed by atoms with van der Waals surface area (Å²) in [5.74, 6) is -0.0357. The molecule has 0 aliphatic carbocycles. The van der Waals surface area contributed by atoms with E-state index in [1.807, 2.05) is 49.4 Å². The van der Waals surface area contributed by atoms with Gasteiger partial charge < -0.3 is 20.3 Å². The van der Waals surface area contributed by atoms with Crippen LogP contribution in [0.4, 0.5) is 11.4 Å². The Balaban J connectivity index is 1.21. The minimum absolute atomic E-state index is 0.0196. The number of Topliss-reactive ketones (excluding diaryl/α,β-unsaturated/α-hetero) is 1. The molecule has 0 atom stereocenters. The summed E-state index contributed by atoms with van der Waals surface area (Å²) in [4.78, 5) is 52.1. The number of fused-ring (bicyclic) bond motifs is 1. The summed E-state index contributed by atoms with van der Waals surface area (Å²) in [5, 5.41) is 7.54. The van der Waals surface area contributed by atoms with E-state index in [2.05, 4.69) is 20.6 Å². The number of hydrogen-bond donors (Lipinski definition) is 2. The Bertz CT molecular complexity index is 1970. The Morgan fingerprint density at radius 2 is 1.78 bits per heavy atom. The number of rotatable bonds is 14. The number of nitrogens with zero attached hydrogens (tertiary/aromatic N) is 4. The molecule has 10 nitrogen and oxygen atoms in total. The van der Waals surface area contributed by atoms with Crippen LogP contribution in [0.1, 0.15) is 52.3 Å². The average molecular weight is 700 g/mol. The van der Waals surface area contributed by atoms with Gasteiger partial charge in [0.15, 0.2) is 0 Å². The van der Waals surface area contributed by atoms with Crippen LogP contribution in [0.2, 0.25) is 10.0 Å². The van der Waals surface area contributed by atoms with Gasteiger partial charge in [-0.05, 0) is 61.4 Å².